The summed E-state index contributed by atoms with van der Waals surface area (Å²) in [7, 11) is 1.70. The molecule has 1 fully saturated rings. The Morgan fingerprint density at radius 2 is 1.57 bits per heavy atom. The van der Waals surface area contributed by atoms with Gasteiger partial charge in [0.05, 0.1) is 13.0 Å². The molecule has 150 valence electrons. The van der Waals surface area contributed by atoms with Gasteiger partial charge in [-0.15, -0.1) is 0 Å². The molecule has 1 saturated carbocycles. The van der Waals surface area contributed by atoms with E-state index in [4.69, 9.17) is 4.74 Å². The smallest absolute Gasteiger partial charge is 0.231 e. The van der Waals surface area contributed by atoms with Crippen LogP contribution in [0.2, 0.25) is 0 Å². The molecule has 3 rings (SSSR count). The zero-order chi connectivity index (χ0) is 20.0. The summed E-state index contributed by atoms with van der Waals surface area (Å²) in [6.07, 6.45) is 5.68. The second-order valence-corrected chi connectivity index (χ2v) is 7.80. The van der Waals surface area contributed by atoms with Gasteiger partial charge in [-0.25, -0.2) is 0 Å². The van der Waals surface area contributed by atoms with Crippen molar-refractivity contribution in [3.63, 3.8) is 0 Å². The van der Waals surface area contributed by atoms with E-state index in [-0.39, 0.29) is 17.2 Å². The average molecular weight is 380 g/mol. The highest BCUT2D eigenvalue weighted by Gasteiger charge is 2.46. The Labute approximate surface area is 169 Å². The zero-order valence-electron chi connectivity index (χ0n) is 17.5. The predicted molar refractivity (Wildman–Crippen MR) is 115 cm³/mol. The van der Waals surface area contributed by atoms with Crippen molar-refractivity contribution in [1.29, 1.82) is 0 Å². The van der Waals surface area contributed by atoms with Crippen LogP contribution in [0.1, 0.15) is 63.0 Å². The van der Waals surface area contributed by atoms with Crippen molar-refractivity contribution in [2.75, 3.05) is 20.2 Å². The molecule has 0 unspecified atom stereocenters. The van der Waals surface area contributed by atoms with Crippen molar-refractivity contribution in [3.8, 4) is 5.75 Å². The molecule has 28 heavy (non-hydrogen) atoms. The molecule has 2 aromatic rings. The van der Waals surface area contributed by atoms with Crippen LogP contribution in [0.25, 0.3) is 0 Å². The molecule has 0 saturated heterocycles. The number of hydrogen-bond acceptors (Lipinski definition) is 2. The molecule has 1 aliphatic rings. The molecule has 0 spiro atoms. The first-order valence-corrected chi connectivity index (χ1v) is 10.6. The van der Waals surface area contributed by atoms with Gasteiger partial charge in [0, 0.05) is 18.5 Å². The molecule has 0 radical (unpaired) electrons. The van der Waals surface area contributed by atoms with Crippen LogP contribution in [-0.2, 0) is 10.2 Å². The fraction of sp³-hybridized carbons (Fsp3) is 0.480. The third-order valence-corrected chi connectivity index (χ3v) is 6.42. The summed E-state index contributed by atoms with van der Waals surface area (Å²) in [5.41, 5.74) is 2.24. The number of amides is 1. The Hall–Kier alpha value is -2.29. The molecule has 1 amide bonds. The number of nitrogens with zero attached hydrogens (tertiary/aromatic N) is 1. The van der Waals surface area contributed by atoms with E-state index in [0.717, 1.165) is 37.2 Å². The molecule has 0 heterocycles. The first kappa shape index (κ1) is 20.4. The summed E-state index contributed by atoms with van der Waals surface area (Å²) >= 11 is 0. The molecule has 0 aliphatic heterocycles. The van der Waals surface area contributed by atoms with Gasteiger partial charge in [-0.3, -0.25) is 4.79 Å². The van der Waals surface area contributed by atoms with Crippen molar-refractivity contribution >= 4 is 5.91 Å². The molecule has 1 aliphatic carbocycles. The van der Waals surface area contributed by atoms with Crippen LogP contribution >= 0.6 is 0 Å². The molecular weight excluding hydrogens is 346 g/mol. The van der Waals surface area contributed by atoms with E-state index >= 15 is 0 Å². The Kier molecular flexibility index (Phi) is 6.77. The fourth-order valence-electron chi connectivity index (χ4n) is 4.91. The summed E-state index contributed by atoms with van der Waals surface area (Å²) < 4.78 is 5.38. The number of rotatable bonds is 7. The van der Waals surface area contributed by atoms with E-state index in [1.54, 1.807) is 7.11 Å². The van der Waals surface area contributed by atoms with Gasteiger partial charge in [-0.2, -0.15) is 0 Å². The molecule has 3 heteroatoms. The Balaban J connectivity index is 2.14. The third-order valence-electron chi connectivity index (χ3n) is 6.42. The first-order valence-electron chi connectivity index (χ1n) is 10.6. The Morgan fingerprint density at radius 3 is 2.11 bits per heavy atom. The number of carbonyl (C=O) groups is 1. The van der Waals surface area contributed by atoms with Gasteiger partial charge in [0.1, 0.15) is 5.75 Å². The second-order valence-electron chi connectivity index (χ2n) is 7.80. The van der Waals surface area contributed by atoms with Gasteiger partial charge in [-0.1, -0.05) is 61.7 Å². The topological polar surface area (TPSA) is 29.5 Å². The van der Waals surface area contributed by atoms with Crippen molar-refractivity contribution in [3.05, 3.63) is 65.7 Å². The highest BCUT2D eigenvalue weighted by Crippen LogP contribution is 2.50. The van der Waals surface area contributed by atoms with Crippen LogP contribution < -0.4 is 4.74 Å². The molecular formula is C25H33NO2. The third kappa shape index (κ3) is 3.94. The van der Waals surface area contributed by atoms with Crippen LogP contribution in [0.15, 0.2) is 54.6 Å². The van der Waals surface area contributed by atoms with E-state index in [1.807, 2.05) is 23.1 Å². The minimum atomic E-state index is -0.161. The van der Waals surface area contributed by atoms with E-state index in [9.17, 15) is 4.79 Å². The molecule has 0 bridgehead atoms. The maximum absolute atomic E-state index is 13.8. The monoisotopic (exact) mass is 379 g/mol. The summed E-state index contributed by atoms with van der Waals surface area (Å²) in [5, 5.41) is 0. The molecule has 1 atom stereocenters. The highest BCUT2D eigenvalue weighted by molar-refractivity contribution is 5.86. The number of methoxy groups -OCH3 is 1. The zero-order valence-corrected chi connectivity index (χ0v) is 17.5. The highest BCUT2D eigenvalue weighted by atomic mass is 16.5. The summed E-state index contributed by atoms with van der Waals surface area (Å²) in [4.78, 5) is 15.8. The first-order chi connectivity index (χ1) is 13.7. The van der Waals surface area contributed by atoms with Crippen LogP contribution in [0.3, 0.4) is 0 Å². The Bertz CT molecular complexity index is 744. The molecule has 0 aromatic heterocycles. The van der Waals surface area contributed by atoms with Gasteiger partial charge in [0.15, 0.2) is 0 Å². The lowest BCUT2D eigenvalue weighted by molar-refractivity contribution is -0.134. The van der Waals surface area contributed by atoms with Crippen LogP contribution in [0.5, 0.6) is 5.75 Å². The lowest BCUT2D eigenvalue weighted by Gasteiger charge is -2.45. The van der Waals surface area contributed by atoms with Crippen molar-refractivity contribution in [1.82, 2.24) is 4.90 Å². The second kappa shape index (κ2) is 9.27. The minimum absolute atomic E-state index is 0.151. The number of benzene rings is 2. The lowest BCUT2D eigenvalue weighted by atomic mass is 9.60. The van der Waals surface area contributed by atoms with Crippen molar-refractivity contribution in [2.45, 2.75) is 57.3 Å². The molecule has 3 nitrogen and oxygen atoms in total. The van der Waals surface area contributed by atoms with Crippen LogP contribution in [0, 0.1) is 0 Å². The van der Waals surface area contributed by atoms with E-state index < -0.39 is 0 Å². The van der Waals surface area contributed by atoms with Gasteiger partial charge in [0.25, 0.3) is 0 Å². The minimum Gasteiger partial charge on any atom is -0.497 e. The van der Waals surface area contributed by atoms with E-state index in [2.05, 4.69) is 50.2 Å². The fourth-order valence-corrected chi connectivity index (χ4v) is 4.91. The number of carbonyl (C=O) groups excluding carboxylic acids is 1. The lowest BCUT2D eigenvalue weighted by Crippen LogP contribution is -2.46. The van der Waals surface area contributed by atoms with Crippen LogP contribution in [0.4, 0.5) is 0 Å². The van der Waals surface area contributed by atoms with Crippen molar-refractivity contribution < 1.29 is 9.53 Å². The molecule has 0 N–H and O–H groups in total. The Morgan fingerprint density at radius 1 is 0.964 bits per heavy atom. The van der Waals surface area contributed by atoms with E-state index in [0.29, 0.717) is 0 Å². The van der Waals surface area contributed by atoms with Gasteiger partial charge >= 0.3 is 0 Å². The number of hydrogen-bond donors (Lipinski definition) is 0. The molecule has 2 aromatic carbocycles. The quantitative estimate of drug-likeness (QED) is 0.631. The number of ether oxygens (including phenoxy) is 1. The predicted octanol–water partition coefficient (Wildman–Crippen LogP) is 5.55. The maximum atomic E-state index is 13.8. The average Bonchev–Trinajstić information content (AvgIpc) is 2.76. The summed E-state index contributed by atoms with van der Waals surface area (Å²) in [6, 6.07) is 18.8. The van der Waals surface area contributed by atoms with Gasteiger partial charge < -0.3 is 9.64 Å². The van der Waals surface area contributed by atoms with Gasteiger partial charge in [0.2, 0.25) is 5.91 Å². The van der Waals surface area contributed by atoms with Crippen LogP contribution in [-0.4, -0.2) is 31.0 Å². The van der Waals surface area contributed by atoms with Crippen molar-refractivity contribution in [2.24, 2.45) is 0 Å². The standard InChI is InChI=1S/C25H33NO2/c1-4-26(5-2)24(27)23(20-12-8-6-9-13-20)25(18-10-7-11-19-25)21-14-16-22(28-3)17-15-21/h6,8-9,12-17,23H,4-5,7,10-11,18-19H2,1-3H3/t23-/m0/s1. The van der Waals surface area contributed by atoms with E-state index in [1.165, 1.54) is 24.8 Å². The maximum Gasteiger partial charge on any atom is 0.231 e. The summed E-state index contributed by atoms with van der Waals surface area (Å²) in [6.45, 7) is 5.64. The normalized spacial score (nSPS) is 17.0. The number of likely N-dealkylation sites (N-methyl/N-ethyl adjacent to an activating group) is 1. The largest absolute Gasteiger partial charge is 0.497 e. The SMILES string of the molecule is CCN(CC)C(=O)[C@H](c1ccccc1)C1(c2ccc(OC)cc2)CCCCC1. The summed E-state index contributed by atoms with van der Waals surface area (Å²) in [5.74, 6) is 0.970. The van der Waals surface area contributed by atoms with Gasteiger partial charge in [-0.05, 0) is 49.9 Å².